The molecule has 6 heteroatoms. The topological polar surface area (TPSA) is 61.7 Å². The molecule has 15 aromatic rings. The highest BCUT2D eigenvalue weighted by atomic mass is 16.3. The molecule has 11 aromatic carbocycles. The van der Waals surface area contributed by atoms with Gasteiger partial charge < -0.3 is 13.6 Å². The van der Waals surface area contributed by atoms with E-state index in [2.05, 4.69) is 215 Å². The number of nitrogens with zero attached hydrogens (tertiary/aromatic N) is 5. The highest BCUT2D eigenvalue weighted by Gasteiger charge is 2.24. The summed E-state index contributed by atoms with van der Waals surface area (Å²) in [6.07, 6.45) is 0. The maximum absolute atomic E-state index is 7.18. The van der Waals surface area contributed by atoms with Gasteiger partial charge in [0.15, 0.2) is 17.5 Å². The van der Waals surface area contributed by atoms with Crippen molar-refractivity contribution in [2.24, 2.45) is 0 Å². The first-order valence-electron chi connectivity index (χ1n) is 23.3. The summed E-state index contributed by atoms with van der Waals surface area (Å²) < 4.78 is 12.0. The number of fused-ring (bicyclic) bond motifs is 13. The molecule has 6 nitrogen and oxygen atoms in total. The number of hydrogen-bond acceptors (Lipinski definition) is 4. The predicted molar refractivity (Wildman–Crippen MR) is 285 cm³/mol. The van der Waals surface area contributed by atoms with Gasteiger partial charge in [0.1, 0.15) is 11.2 Å². The summed E-state index contributed by atoms with van der Waals surface area (Å²) in [5.41, 5.74) is 10.8. The quantitative estimate of drug-likeness (QED) is 0.173. The first kappa shape index (κ1) is 37.8. The van der Waals surface area contributed by atoms with Crippen LogP contribution in [-0.4, -0.2) is 24.1 Å². The Morgan fingerprint density at radius 3 is 1.51 bits per heavy atom. The third-order valence-electron chi connectivity index (χ3n) is 14.1. The monoisotopic (exact) mass is 879 g/mol. The van der Waals surface area contributed by atoms with Crippen molar-refractivity contribution in [2.45, 2.75) is 0 Å². The van der Waals surface area contributed by atoms with E-state index in [1.807, 2.05) is 18.2 Å². The zero-order valence-corrected chi connectivity index (χ0v) is 37.0. The van der Waals surface area contributed by atoms with Gasteiger partial charge >= 0.3 is 0 Å². The van der Waals surface area contributed by atoms with Crippen LogP contribution in [0.2, 0.25) is 0 Å². The molecular formula is C63H37N5O. The van der Waals surface area contributed by atoms with Gasteiger partial charge in [-0.1, -0.05) is 164 Å². The van der Waals surface area contributed by atoms with Gasteiger partial charge in [-0.25, -0.2) is 15.0 Å². The molecule has 0 fully saturated rings. The van der Waals surface area contributed by atoms with E-state index >= 15 is 0 Å². The Bertz CT molecular complexity index is 4510. The molecule has 4 aromatic heterocycles. The molecule has 0 N–H and O–H groups in total. The lowest BCUT2D eigenvalue weighted by Crippen LogP contribution is -2.02. The van der Waals surface area contributed by atoms with Gasteiger partial charge in [0, 0.05) is 59.9 Å². The normalized spacial score (nSPS) is 12.1. The average molecular weight is 880 g/mol. The van der Waals surface area contributed by atoms with Gasteiger partial charge in [-0.15, -0.1) is 0 Å². The number of furan rings is 1. The van der Waals surface area contributed by atoms with E-state index in [4.69, 9.17) is 19.4 Å². The number of hydrogen-bond donors (Lipinski definition) is 0. The third kappa shape index (κ3) is 5.63. The summed E-state index contributed by atoms with van der Waals surface area (Å²) in [7, 11) is 0. The molecule has 0 radical (unpaired) electrons. The predicted octanol–water partition coefficient (Wildman–Crippen LogP) is 16.4. The number of aromatic nitrogens is 5. The lowest BCUT2D eigenvalue weighted by molar-refractivity contribution is 0.673. The SMILES string of the molecule is c1ccc(-c2nc(-c3cccc4c3oc3c5ccccc5c(-n5c6cc7ccccc7cc6c6cc7ccccc7cc65)cc43)nc(-c3cccc4c5ccccc5n(-c5ccccc5)c34)n2)cc1. The van der Waals surface area contributed by atoms with E-state index in [9.17, 15) is 0 Å². The molecule has 320 valence electrons. The Hall–Kier alpha value is -9.39. The maximum atomic E-state index is 7.18. The smallest absolute Gasteiger partial charge is 0.167 e. The van der Waals surface area contributed by atoms with Crippen LogP contribution in [0.15, 0.2) is 229 Å². The Labute approximate surface area is 394 Å². The summed E-state index contributed by atoms with van der Waals surface area (Å²) in [6.45, 7) is 0. The van der Waals surface area contributed by atoms with E-state index in [1.165, 1.54) is 32.3 Å². The Balaban J connectivity index is 1.00. The minimum Gasteiger partial charge on any atom is -0.455 e. The molecule has 0 unspecified atom stereocenters. The fraction of sp³-hybridized carbons (Fsp3) is 0. The number of para-hydroxylation sites is 4. The molecule has 0 amide bonds. The van der Waals surface area contributed by atoms with Gasteiger partial charge in [0.2, 0.25) is 0 Å². The van der Waals surface area contributed by atoms with Gasteiger partial charge in [-0.3, -0.25) is 0 Å². The third-order valence-corrected chi connectivity index (χ3v) is 14.1. The summed E-state index contributed by atoms with van der Waals surface area (Å²) in [5.74, 6) is 1.70. The van der Waals surface area contributed by atoms with Gasteiger partial charge in [0.25, 0.3) is 0 Å². The number of rotatable bonds is 5. The van der Waals surface area contributed by atoms with Gasteiger partial charge in [-0.2, -0.15) is 0 Å². The zero-order valence-electron chi connectivity index (χ0n) is 37.0. The first-order chi connectivity index (χ1) is 34.2. The van der Waals surface area contributed by atoms with E-state index in [1.54, 1.807) is 0 Å². The van der Waals surface area contributed by atoms with Crippen molar-refractivity contribution in [3.8, 4) is 45.5 Å². The second-order valence-electron chi connectivity index (χ2n) is 17.9. The molecule has 15 rings (SSSR count). The van der Waals surface area contributed by atoms with E-state index in [-0.39, 0.29) is 0 Å². The number of benzene rings is 11. The van der Waals surface area contributed by atoms with Crippen LogP contribution in [-0.2, 0) is 0 Å². The zero-order chi connectivity index (χ0) is 45.2. The van der Waals surface area contributed by atoms with Crippen LogP contribution >= 0.6 is 0 Å². The van der Waals surface area contributed by atoms with Crippen LogP contribution in [0.3, 0.4) is 0 Å². The molecule has 4 heterocycles. The van der Waals surface area contributed by atoms with Crippen LogP contribution in [0.5, 0.6) is 0 Å². The lowest BCUT2D eigenvalue weighted by Gasteiger charge is -2.13. The highest BCUT2D eigenvalue weighted by Crippen LogP contribution is 2.45. The summed E-state index contributed by atoms with van der Waals surface area (Å²) in [4.78, 5) is 16.0. The van der Waals surface area contributed by atoms with Gasteiger partial charge in [-0.05, 0) is 82.2 Å². The molecule has 0 bridgehead atoms. The highest BCUT2D eigenvalue weighted by molar-refractivity contribution is 6.22. The van der Waals surface area contributed by atoms with E-state index in [0.29, 0.717) is 17.5 Å². The Kier molecular flexibility index (Phi) is 7.97. The fourth-order valence-corrected chi connectivity index (χ4v) is 11.0. The van der Waals surface area contributed by atoms with Crippen molar-refractivity contribution in [1.29, 1.82) is 0 Å². The van der Waals surface area contributed by atoms with Crippen molar-refractivity contribution in [3.05, 3.63) is 224 Å². The minimum absolute atomic E-state index is 0.536. The van der Waals surface area contributed by atoms with Crippen LogP contribution in [0.1, 0.15) is 0 Å². The second-order valence-corrected chi connectivity index (χ2v) is 17.9. The van der Waals surface area contributed by atoms with Crippen LogP contribution in [0.25, 0.3) is 143 Å². The molecular weight excluding hydrogens is 843 g/mol. The van der Waals surface area contributed by atoms with E-state index < -0.39 is 0 Å². The molecule has 0 aliphatic carbocycles. The molecule has 0 saturated carbocycles. The lowest BCUT2D eigenvalue weighted by atomic mass is 10.0. The summed E-state index contributed by atoms with van der Waals surface area (Å²) >= 11 is 0. The Morgan fingerprint density at radius 1 is 0.304 bits per heavy atom. The Morgan fingerprint density at radius 2 is 0.812 bits per heavy atom. The first-order valence-corrected chi connectivity index (χ1v) is 23.3. The second kappa shape index (κ2) is 14.6. The van der Waals surface area contributed by atoms with Crippen LogP contribution in [0, 0.1) is 0 Å². The van der Waals surface area contributed by atoms with Crippen molar-refractivity contribution in [1.82, 2.24) is 24.1 Å². The largest absolute Gasteiger partial charge is 0.455 e. The maximum Gasteiger partial charge on any atom is 0.167 e. The summed E-state index contributed by atoms with van der Waals surface area (Å²) in [5, 5.41) is 13.7. The average Bonchev–Trinajstić information content (AvgIpc) is 4.07. The van der Waals surface area contributed by atoms with Crippen molar-refractivity contribution >= 4 is 97.9 Å². The van der Waals surface area contributed by atoms with Gasteiger partial charge in [0.05, 0.1) is 33.3 Å². The van der Waals surface area contributed by atoms with Crippen LogP contribution in [0.4, 0.5) is 0 Å². The van der Waals surface area contributed by atoms with E-state index in [0.717, 1.165) is 93.6 Å². The van der Waals surface area contributed by atoms with Crippen molar-refractivity contribution in [2.75, 3.05) is 0 Å². The fourth-order valence-electron chi connectivity index (χ4n) is 11.0. The van der Waals surface area contributed by atoms with Crippen molar-refractivity contribution < 1.29 is 4.42 Å². The molecule has 69 heavy (non-hydrogen) atoms. The minimum atomic E-state index is 0.536. The van der Waals surface area contributed by atoms with Crippen LogP contribution < -0.4 is 0 Å². The summed E-state index contributed by atoms with van der Waals surface area (Å²) in [6, 6.07) is 79.7. The molecule has 0 aliphatic rings. The molecule has 0 saturated heterocycles. The molecule has 0 aliphatic heterocycles. The molecule has 0 atom stereocenters. The standard InChI is InChI=1S/C63H37N5O/c1-3-17-38(18-4-1)61-64-62(49-30-15-28-46-44-25-13-14-32-54(44)67(58(46)49)43-23-5-2-6-24-43)66-63(65-61)50-31-16-29-48-53-37-57(45-26-11-12-27-47(45)60(53)69-59(48)50)68-55-35-41-21-9-7-19-39(41)33-51(55)52-34-40-20-8-10-22-42(40)36-56(52)68/h1-37H. The molecule has 0 spiro atoms. The van der Waals surface area contributed by atoms with Crippen molar-refractivity contribution in [3.63, 3.8) is 0 Å².